The molecule has 7 nitrogen and oxygen atoms in total. The molecule has 0 aliphatic carbocycles. The van der Waals surface area contributed by atoms with E-state index in [-0.39, 0.29) is 24.7 Å². The number of alkyl halides is 3. The quantitative estimate of drug-likeness (QED) is 0.452. The Kier molecular flexibility index (Phi) is 5.94. The van der Waals surface area contributed by atoms with Gasteiger partial charge in [-0.1, -0.05) is 13.3 Å². The van der Waals surface area contributed by atoms with Crippen LogP contribution in [0.5, 0.6) is 0 Å². The van der Waals surface area contributed by atoms with Gasteiger partial charge in [-0.25, -0.2) is 4.68 Å². The number of aryl methyl sites for hydroxylation is 2. The topological polar surface area (TPSA) is 82.2 Å². The number of rotatable bonds is 8. The van der Waals surface area contributed by atoms with Crippen LogP contribution < -0.4 is 5.32 Å². The van der Waals surface area contributed by atoms with Crippen LogP contribution in [0.25, 0.3) is 0 Å². The molecule has 0 amide bonds. The Hall–Kier alpha value is -1.84. The lowest BCUT2D eigenvalue weighted by Crippen LogP contribution is -2.20. The molecule has 1 heterocycles. The second-order valence-electron chi connectivity index (χ2n) is 4.37. The number of hydrogen-bond acceptors (Lipinski definition) is 5. The molecule has 0 atom stereocenters. The molecule has 0 aromatic carbocycles. The van der Waals surface area contributed by atoms with Gasteiger partial charge in [0, 0.05) is 13.6 Å². The first kappa shape index (κ1) is 17.2. The van der Waals surface area contributed by atoms with Crippen molar-refractivity contribution >= 4 is 11.5 Å². The Morgan fingerprint density at radius 2 is 2.14 bits per heavy atom. The van der Waals surface area contributed by atoms with Gasteiger partial charge in [0.05, 0.1) is 11.5 Å². The molecule has 0 aliphatic rings. The number of ether oxygens (including phenoxy) is 1. The van der Waals surface area contributed by atoms with E-state index in [0.29, 0.717) is 18.5 Å². The van der Waals surface area contributed by atoms with Gasteiger partial charge in [-0.05, 0) is 6.42 Å². The predicted octanol–water partition coefficient (Wildman–Crippen LogP) is 2.27. The van der Waals surface area contributed by atoms with Crippen molar-refractivity contribution in [2.24, 2.45) is 7.05 Å². The molecule has 0 unspecified atom stereocenters. The lowest BCUT2D eigenvalue weighted by Gasteiger charge is -2.09. The molecule has 21 heavy (non-hydrogen) atoms. The summed E-state index contributed by atoms with van der Waals surface area (Å²) in [5, 5.41) is 17.8. The molecule has 120 valence electrons. The summed E-state index contributed by atoms with van der Waals surface area (Å²) in [7, 11) is 1.53. The fourth-order valence-corrected chi connectivity index (χ4v) is 1.79. The highest BCUT2D eigenvalue weighted by atomic mass is 19.4. The molecule has 0 spiro atoms. The Labute approximate surface area is 119 Å². The van der Waals surface area contributed by atoms with E-state index in [0.717, 1.165) is 0 Å². The third-order valence-corrected chi connectivity index (χ3v) is 2.57. The van der Waals surface area contributed by atoms with Gasteiger partial charge < -0.3 is 10.1 Å². The number of nitrogens with one attached hydrogen (secondary N) is 1. The van der Waals surface area contributed by atoms with Crippen molar-refractivity contribution < 1.29 is 22.8 Å². The maximum absolute atomic E-state index is 11.9. The highest BCUT2D eigenvalue weighted by Crippen LogP contribution is 2.28. The lowest BCUT2D eigenvalue weighted by molar-refractivity contribution is -0.384. The average Bonchev–Trinajstić information content (AvgIpc) is 2.64. The van der Waals surface area contributed by atoms with Gasteiger partial charge in [0.1, 0.15) is 12.3 Å². The van der Waals surface area contributed by atoms with E-state index >= 15 is 0 Å². The molecule has 0 fully saturated rings. The SMILES string of the molecule is CCCc1nn(C)c(NCCOCC(F)(F)F)c1[N+](=O)[O-]. The van der Waals surface area contributed by atoms with E-state index in [4.69, 9.17) is 0 Å². The van der Waals surface area contributed by atoms with E-state index in [1.807, 2.05) is 6.92 Å². The minimum absolute atomic E-state index is 0.0159. The van der Waals surface area contributed by atoms with Crippen LogP contribution in [0.1, 0.15) is 19.0 Å². The summed E-state index contributed by atoms with van der Waals surface area (Å²) >= 11 is 0. The summed E-state index contributed by atoms with van der Waals surface area (Å²) in [5.41, 5.74) is 0.207. The number of nitro groups is 1. The normalized spacial score (nSPS) is 11.7. The molecular formula is C11H17F3N4O3. The fraction of sp³-hybridized carbons (Fsp3) is 0.727. The number of halogens is 3. The van der Waals surface area contributed by atoms with E-state index in [9.17, 15) is 23.3 Å². The van der Waals surface area contributed by atoms with Gasteiger partial charge >= 0.3 is 11.9 Å². The minimum atomic E-state index is -4.38. The van der Waals surface area contributed by atoms with Crippen molar-refractivity contribution in [3.63, 3.8) is 0 Å². The number of aromatic nitrogens is 2. The lowest BCUT2D eigenvalue weighted by atomic mass is 10.2. The number of anilines is 1. The van der Waals surface area contributed by atoms with Gasteiger partial charge in [0.15, 0.2) is 0 Å². The maximum Gasteiger partial charge on any atom is 0.411 e. The van der Waals surface area contributed by atoms with Gasteiger partial charge in [0.25, 0.3) is 0 Å². The second-order valence-corrected chi connectivity index (χ2v) is 4.37. The summed E-state index contributed by atoms with van der Waals surface area (Å²) in [6.45, 7) is 0.326. The zero-order valence-electron chi connectivity index (χ0n) is 11.7. The molecule has 0 saturated carbocycles. The Morgan fingerprint density at radius 1 is 1.48 bits per heavy atom. The zero-order valence-corrected chi connectivity index (χ0v) is 11.7. The smallest absolute Gasteiger partial charge is 0.370 e. The van der Waals surface area contributed by atoms with E-state index in [1.54, 1.807) is 0 Å². The molecule has 1 rings (SSSR count). The van der Waals surface area contributed by atoms with Crippen LogP contribution in [0.15, 0.2) is 0 Å². The van der Waals surface area contributed by atoms with Crippen molar-refractivity contribution in [3.8, 4) is 0 Å². The van der Waals surface area contributed by atoms with Crippen molar-refractivity contribution in [2.45, 2.75) is 25.9 Å². The van der Waals surface area contributed by atoms with Crippen LogP contribution in [0.2, 0.25) is 0 Å². The molecule has 0 radical (unpaired) electrons. The first-order valence-electron chi connectivity index (χ1n) is 6.35. The Bertz CT molecular complexity index is 488. The second kappa shape index (κ2) is 7.25. The van der Waals surface area contributed by atoms with Crippen molar-refractivity contribution in [1.29, 1.82) is 0 Å². The highest BCUT2D eigenvalue weighted by molar-refractivity contribution is 5.59. The molecule has 10 heteroatoms. The minimum Gasteiger partial charge on any atom is -0.370 e. The molecule has 1 aromatic heterocycles. The van der Waals surface area contributed by atoms with Crippen LogP contribution in [0.4, 0.5) is 24.7 Å². The van der Waals surface area contributed by atoms with E-state index in [2.05, 4.69) is 15.2 Å². The van der Waals surface area contributed by atoms with Crippen LogP contribution in [-0.2, 0) is 18.2 Å². The maximum atomic E-state index is 11.9. The van der Waals surface area contributed by atoms with Crippen LogP contribution >= 0.6 is 0 Å². The van der Waals surface area contributed by atoms with E-state index in [1.165, 1.54) is 11.7 Å². The van der Waals surface area contributed by atoms with Crippen LogP contribution in [0, 0.1) is 10.1 Å². The van der Waals surface area contributed by atoms with Crippen LogP contribution in [-0.4, -0.2) is 40.6 Å². The third kappa shape index (κ3) is 5.21. The van der Waals surface area contributed by atoms with E-state index < -0.39 is 17.7 Å². The summed E-state index contributed by atoms with van der Waals surface area (Å²) in [6, 6.07) is 0. The standard InChI is InChI=1S/C11H17F3N4O3/c1-3-4-8-9(18(19)20)10(17(2)16-8)15-5-6-21-7-11(12,13)14/h15H,3-7H2,1-2H3. The van der Waals surface area contributed by atoms with Gasteiger partial charge in [-0.2, -0.15) is 18.3 Å². The van der Waals surface area contributed by atoms with Crippen molar-refractivity contribution in [2.75, 3.05) is 25.1 Å². The fourth-order valence-electron chi connectivity index (χ4n) is 1.79. The molecule has 1 aromatic rings. The van der Waals surface area contributed by atoms with Gasteiger partial charge in [0.2, 0.25) is 5.82 Å². The first-order chi connectivity index (χ1) is 9.76. The molecule has 0 bridgehead atoms. The van der Waals surface area contributed by atoms with Gasteiger partial charge in [-0.15, -0.1) is 0 Å². The third-order valence-electron chi connectivity index (χ3n) is 2.57. The van der Waals surface area contributed by atoms with Crippen molar-refractivity contribution in [1.82, 2.24) is 9.78 Å². The number of nitrogens with zero attached hydrogens (tertiary/aromatic N) is 3. The molecule has 0 saturated heterocycles. The predicted molar refractivity (Wildman–Crippen MR) is 69.2 cm³/mol. The first-order valence-corrected chi connectivity index (χ1v) is 6.35. The van der Waals surface area contributed by atoms with Gasteiger partial charge in [-0.3, -0.25) is 10.1 Å². The summed E-state index contributed by atoms with van der Waals surface area (Å²) in [4.78, 5) is 10.5. The highest BCUT2D eigenvalue weighted by Gasteiger charge is 2.28. The summed E-state index contributed by atoms with van der Waals surface area (Å²) in [5.74, 6) is 0.166. The summed E-state index contributed by atoms with van der Waals surface area (Å²) < 4.78 is 41.4. The largest absolute Gasteiger partial charge is 0.411 e. The Balaban J connectivity index is 2.64. The average molecular weight is 310 g/mol. The summed E-state index contributed by atoms with van der Waals surface area (Å²) in [6.07, 6.45) is -3.23. The molecular weight excluding hydrogens is 293 g/mol. The van der Waals surface area contributed by atoms with Crippen molar-refractivity contribution in [3.05, 3.63) is 15.8 Å². The number of hydrogen-bond donors (Lipinski definition) is 1. The van der Waals surface area contributed by atoms with Crippen LogP contribution in [0.3, 0.4) is 0 Å². The molecule has 1 N–H and O–H groups in total. The Morgan fingerprint density at radius 3 is 2.67 bits per heavy atom. The zero-order chi connectivity index (χ0) is 16.0. The monoisotopic (exact) mass is 310 g/mol. The molecule has 0 aliphatic heterocycles.